The van der Waals surface area contributed by atoms with Gasteiger partial charge in [-0.15, -0.1) is 0 Å². The Balaban J connectivity index is 1.20. The van der Waals surface area contributed by atoms with Crippen LogP contribution in [0.3, 0.4) is 0 Å². The van der Waals surface area contributed by atoms with Crippen molar-refractivity contribution in [3.8, 4) is 33.8 Å². The Hall–Kier alpha value is -7.16. The highest BCUT2D eigenvalue weighted by atomic mass is 16.5. The summed E-state index contributed by atoms with van der Waals surface area (Å²) in [7, 11) is 0. The Labute approximate surface area is 354 Å². The molecule has 2 aliphatic rings. The monoisotopic (exact) mass is 773 g/mol. The molecule has 0 spiro atoms. The number of rotatable bonds is 9. The van der Waals surface area contributed by atoms with Crippen LogP contribution in [0, 0.1) is 0 Å². The second-order valence-corrected chi connectivity index (χ2v) is 16.4. The van der Waals surface area contributed by atoms with Crippen molar-refractivity contribution in [1.82, 2.24) is 0 Å². The van der Waals surface area contributed by atoms with Gasteiger partial charge in [0.05, 0.1) is 11.1 Å². The Morgan fingerprint density at radius 2 is 1.03 bits per heavy atom. The van der Waals surface area contributed by atoms with E-state index in [9.17, 15) is 0 Å². The fraction of sp³-hybridized carbons (Fsp3) is 0.103. The predicted molar refractivity (Wildman–Crippen MR) is 250 cm³/mol. The van der Waals surface area contributed by atoms with Gasteiger partial charge in [-0.3, -0.25) is 0 Å². The van der Waals surface area contributed by atoms with Crippen LogP contribution >= 0.6 is 0 Å². The number of anilines is 3. The molecular formula is C58H47NO. The van der Waals surface area contributed by atoms with Crippen LogP contribution in [0.5, 0.6) is 11.5 Å². The van der Waals surface area contributed by atoms with Gasteiger partial charge in [0.2, 0.25) is 0 Å². The van der Waals surface area contributed by atoms with Crippen molar-refractivity contribution in [3.05, 3.63) is 257 Å². The number of hydrogen-bond acceptors (Lipinski definition) is 2. The first-order chi connectivity index (χ1) is 29.5. The molecule has 60 heavy (non-hydrogen) atoms. The summed E-state index contributed by atoms with van der Waals surface area (Å²) in [6, 6.07) is 71.0. The van der Waals surface area contributed by atoms with E-state index in [0.29, 0.717) is 0 Å². The smallest absolute Gasteiger partial charge is 0.132 e. The molecule has 290 valence electrons. The summed E-state index contributed by atoms with van der Waals surface area (Å²) in [6.07, 6.45) is 9.44. The molecule has 8 aromatic carbocycles. The lowest BCUT2D eigenvalue weighted by atomic mass is 9.63. The van der Waals surface area contributed by atoms with Gasteiger partial charge in [-0.05, 0) is 106 Å². The second-order valence-electron chi connectivity index (χ2n) is 16.4. The highest BCUT2D eigenvalue weighted by molar-refractivity contribution is 5.88. The second kappa shape index (κ2) is 15.2. The summed E-state index contributed by atoms with van der Waals surface area (Å²) in [4.78, 5) is 2.48. The molecule has 2 nitrogen and oxygen atoms in total. The van der Waals surface area contributed by atoms with Gasteiger partial charge in [-0.1, -0.05) is 190 Å². The van der Waals surface area contributed by atoms with Crippen molar-refractivity contribution in [3.63, 3.8) is 0 Å². The van der Waals surface area contributed by atoms with Crippen molar-refractivity contribution in [2.45, 2.75) is 38.0 Å². The van der Waals surface area contributed by atoms with Crippen molar-refractivity contribution >= 4 is 17.1 Å². The average molecular weight is 774 g/mol. The van der Waals surface area contributed by atoms with Crippen LogP contribution in [0.1, 0.15) is 59.7 Å². The van der Waals surface area contributed by atoms with E-state index in [1.807, 2.05) is 0 Å². The van der Waals surface area contributed by atoms with Gasteiger partial charge in [0.15, 0.2) is 0 Å². The van der Waals surface area contributed by atoms with Gasteiger partial charge in [0, 0.05) is 27.9 Å². The van der Waals surface area contributed by atoms with E-state index < -0.39 is 5.41 Å². The summed E-state index contributed by atoms with van der Waals surface area (Å²) >= 11 is 0. The molecule has 1 heterocycles. The lowest BCUT2D eigenvalue weighted by Gasteiger charge is -2.43. The normalized spacial score (nSPS) is 14.2. The molecule has 0 saturated heterocycles. The van der Waals surface area contributed by atoms with E-state index in [1.165, 1.54) is 50.1 Å². The number of hydrogen-bond donors (Lipinski definition) is 0. The molecule has 0 aromatic heterocycles. The van der Waals surface area contributed by atoms with Crippen molar-refractivity contribution in [1.29, 1.82) is 0 Å². The van der Waals surface area contributed by atoms with E-state index in [2.05, 4.69) is 244 Å². The summed E-state index contributed by atoms with van der Waals surface area (Å²) in [5, 5.41) is 0. The molecule has 0 amide bonds. The van der Waals surface area contributed by atoms with Crippen molar-refractivity contribution in [2.24, 2.45) is 0 Å². The number of ether oxygens (including phenoxy) is 1. The Kier molecular flexibility index (Phi) is 9.42. The average Bonchev–Trinajstić information content (AvgIpc) is 3.52. The van der Waals surface area contributed by atoms with Crippen LogP contribution in [-0.2, 0) is 17.3 Å². The van der Waals surface area contributed by atoms with Crippen molar-refractivity contribution in [2.75, 3.05) is 4.90 Å². The van der Waals surface area contributed by atoms with E-state index in [-0.39, 0.29) is 5.41 Å². The van der Waals surface area contributed by atoms with Crippen LogP contribution in [0.15, 0.2) is 218 Å². The molecule has 0 fully saturated rings. The first-order valence-corrected chi connectivity index (χ1v) is 21.0. The number of nitrogens with zero attached hydrogens (tertiary/aromatic N) is 1. The molecule has 8 aromatic rings. The van der Waals surface area contributed by atoms with Crippen molar-refractivity contribution < 1.29 is 4.74 Å². The summed E-state index contributed by atoms with van der Waals surface area (Å²) in [5.41, 5.74) is 16.0. The topological polar surface area (TPSA) is 12.5 Å². The van der Waals surface area contributed by atoms with Gasteiger partial charge in [-0.2, -0.15) is 0 Å². The van der Waals surface area contributed by atoms with E-state index in [4.69, 9.17) is 4.74 Å². The van der Waals surface area contributed by atoms with Gasteiger partial charge >= 0.3 is 0 Å². The van der Waals surface area contributed by atoms with E-state index in [0.717, 1.165) is 46.1 Å². The minimum absolute atomic E-state index is 0.198. The largest absolute Gasteiger partial charge is 0.457 e. The lowest BCUT2D eigenvalue weighted by molar-refractivity contribution is 0.434. The number of fused-ring (bicyclic) bond motifs is 5. The van der Waals surface area contributed by atoms with Crippen LogP contribution in [0.4, 0.5) is 17.1 Å². The first-order valence-electron chi connectivity index (χ1n) is 21.0. The highest BCUT2D eigenvalue weighted by Gasteiger charge is 2.47. The fourth-order valence-electron chi connectivity index (χ4n) is 9.72. The number of benzene rings is 8. The van der Waals surface area contributed by atoms with Crippen LogP contribution in [-0.4, -0.2) is 0 Å². The lowest BCUT2D eigenvalue weighted by Crippen LogP contribution is -2.35. The summed E-state index contributed by atoms with van der Waals surface area (Å²) in [5.74, 6) is 1.73. The predicted octanol–water partition coefficient (Wildman–Crippen LogP) is 15.3. The van der Waals surface area contributed by atoms with Gasteiger partial charge in [0.1, 0.15) is 11.5 Å². The quantitative estimate of drug-likeness (QED) is 0.135. The molecule has 2 heteroatoms. The molecule has 1 aliphatic heterocycles. The first kappa shape index (κ1) is 37.1. The summed E-state index contributed by atoms with van der Waals surface area (Å²) < 4.78 is 6.73. The zero-order valence-corrected chi connectivity index (χ0v) is 34.3. The Morgan fingerprint density at radius 1 is 0.483 bits per heavy atom. The fourth-order valence-corrected chi connectivity index (χ4v) is 9.72. The number of para-hydroxylation sites is 3. The maximum absolute atomic E-state index is 6.73. The molecule has 0 N–H and O–H groups in total. The minimum Gasteiger partial charge on any atom is -0.457 e. The van der Waals surface area contributed by atoms with Crippen LogP contribution in [0.25, 0.3) is 22.3 Å². The van der Waals surface area contributed by atoms with Gasteiger partial charge in [0.25, 0.3) is 0 Å². The third-order valence-corrected chi connectivity index (χ3v) is 12.6. The third kappa shape index (κ3) is 6.10. The Morgan fingerprint density at radius 3 is 1.72 bits per heavy atom. The van der Waals surface area contributed by atoms with E-state index >= 15 is 0 Å². The molecular weight excluding hydrogens is 727 g/mol. The standard InChI is InChI=1S/C58H47NO/c1-4-5-6-9-20-41-31-37-47-48-38-36-46(40-53(48)57(2,3)52(47)39-41)59(45-34-32-43(33-35-45)42-21-10-7-11-22-42)54-28-17-14-25-49(54)58(44-23-12-8-13-24-44)50-26-15-18-29-55(50)60-56-30-19-16-27-51(56)58/h4-19,21-40H,20H2,1-3H3/b5-4-,9-6-. The molecule has 10 rings (SSSR count). The zero-order chi connectivity index (χ0) is 40.7. The molecule has 0 saturated carbocycles. The minimum atomic E-state index is -0.699. The zero-order valence-electron chi connectivity index (χ0n) is 34.3. The third-order valence-electron chi connectivity index (χ3n) is 12.6. The number of allylic oxidation sites excluding steroid dienone is 4. The molecule has 0 radical (unpaired) electrons. The van der Waals surface area contributed by atoms with Crippen LogP contribution in [0.2, 0.25) is 0 Å². The van der Waals surface area contributed by atoms with E-state index in [1.54, 1.807) is 0 Å². The Bertz CT molecular complexity index is 2860. The molecule has 0 unspecified atom stereocenters. The van der Waals surface area contributed by atoms with Gasteiger partial charge in [-0.25, -0.2) is 0 Å². The molecule has 1 aliphatic carbocycles. The molecule has 0 bridgehead atoms. The SMILES string of the molecule is C/C=C\C=C/Cc1ccc2c(c1)C(C)(C)c1cc(N(c3ccc(-c4ccccc4)cc3)c3ccccc3C3(c4ccccc4)c4ccccc4Oc4ccccc43)ccc1-2. The summed E-state index contributed by atoms with van der Waals surface area (Å²) in [6.45, 7) is 6.82. The molecule has 0 atom stereocenters. The maximum atomic E-state index is 6.73. The van der Waals surface area contributed by atoms with Gasteiger partial charge < -0.3 is 9.64 Å². The maximum Gasteiger partial charge on any atom is 0.132 e. The van der Waals surface area contributed by atoms with Crippen LogP contribution < -0.4 is 9.64 Å². The highest BCUT2D eigenvalue weighted by Crippen LogP contribution is 2.58.